The van der Waals surface area contributed by atoms with E-state index in [2.05, 4.69) is 21.0 Å². The number of nitrogens with zero attached hydrogens (tertiary/aromatic N) is 3. The van der Waals surface area contributed by atoms with Gasteiger partial charge in [0.25, 0.3) is 11.5 Å². The Labute approximate surface area is 151 Å². The van der Waals surface area contributed by atoms with Crippen molar-refractivity contribution < 1.29 is 4.79 Å². The lowest BCUT2D eigenvalue weighted by Gasteiger charge is -2.16. The minimum absolute atomic E-state index is 0.232. The number of halogens is 1. The molecule has 0 aliphatic rings. The number of para-hydroxylation sites is 1. The number of carbonyl (C=O) groups excluding carboxylic acids is 1. The minimum Gasteiger partial charge on any atom is -0.335 e. The van der Waals surface area contributed by atoms with Crippen LogP contribution >= 0.6 is 27.3 Å². The summed E-state index contributed by atoms with van der Waals surface area (Å²) < 4.78 is 2.26. The zero-order valence-corrected chi connectivity index (χ0v) is 15.3. The first-order chi connectivity index (χ1) is 11.5. The molecule has 0 fully saturated rings. The second kappa shape index (κ2) is 7.11. The van der Waals surface area contributed by atoms with Crippen molar-refractivity contribution >= 4 is 33.2 Å². The molecule has 0 atom stereocenters. The van der Waals surface area contributed by atoms with Gasteiger partial charge in [-0.3, -0.25) is 9.59 Å². The predicted octanol–water partition coefficient (Wildman–Crippen LogP) is 3.33. The lowest BCUT2D eigenvalue weighted by Crippen LogP contribution is -2.30. The highest BCUT2D eigenvalue weighted by Gasteiger charge is 2.16. The number of hydrogen-bond acceptors (Lipinski definition) is 4. The molecular weight excluding hydrogens is 390 g/mol. The standard InChI is InChI=1S/C17H14BrN3O2S/c1-20(11-13-7-9-15(18)24-13)17(23)14-8-10-16(22)21(19-14)12-5-3-2-4-6-12/h2-10H,11H2,1H3. The Balaban J connectivity index is 1.86. The molecule has 0 bridgehead atoms. The molecule has 3 rings (SSSR count). The first kappa shape index (κ1) is 16.6. The number of carbonyl (C=O) groups is 1. The van der Waals surface area contributed by atoms with E-state index < -0.39 is 0 Å². The number of hydrogen-bond donors (Lipinski definition) is 0. The number of benzene rings is 1. The number of rotatable bonds is 4. The molecule has 2 heterocycles. The number of aromatic nitrogens is 2. The average Bonchev–Trinajstić information content (AvgIpc) is 3.00. The van der Waals surface area contributed by atoms with E-state index >= 15 is 0 Å². The summed E-state index contributed by atoms with van der Waals surface area (Å²) in [4.78, 5) is 27.3. The van der Waals surface area contributed by atoms with Gasteiger partial charge >= 0.3 is 0 Å². The molecular formula is C17H14BrN3O2S. The zero-order valence-electron chi connectivity index (χ0n) is 12.8. The van der Waals surface area contributed by atoms with Crippen molar-refractivity contribution in [3.63, 3.8) is 0 Å². The van der Waals surface area contributed by atoms with Crippen LogP contribution in [0, 0.1) is 0 Å². The summed E-state index contributed by atoms with van der Waals surface area (Å²) in [7, 11) is 1.72. The maximum atomic E-state index is 12.6. The van der Waals surface area contributed by atoms with Crippen molar-refractivity contribution in [2.45, 2.75) is 6.54 Å². The van der Waals surface area contributed by atoms with Crippen molar-refractivity contribution in [2.75, 3.05) is 7.05 Å². The van der Waals surface area contributed by atoms with Gasteiger partial charge in [0.2, 0.25) is 0 Å². The molecule has 122 valence electrons. The quantitative estimate of drug-likeness (QED) is 0.671. The highest BCUT2D eigenvalue weighted by molar-refractivity contribution is 9.11. The smallest absolute Gasteiger partial charge is 0.274 e. The Bertz CT molecular complexity index is 921. The normalized spacial score (nSPS) is 10.6. The van der Waals surface area contributed by atoms with Crippen LogP contribution in [0.5, 0.6) is 0 Å². The van der Waals surface area contributed by atoms with Crippen molar-refractivity contribution in [1.29, 1.82) is 0 Å². The molecule has 0 saturated heterocycles. The molecule has 0 N–H and O–H groups in total. The lowest BCUT2D eigenvalue weighted by molar-refractivity contribution is 0.0778. The summed E-state index contributed by atoms with van der Waals surface area (Å²) in [6.07, 6.45) is 0. The van der Waals surface area contributed by atoms with Gasteiger partial charge in [-0.25, -0.2) is 0 Å². The highest BCUT2D eigenvalue weighted by Crippen LogP contribution is 2.23. The molecule has 3 aromatic rings. The predicted molar refractivity (Wildman–Crippen MR) is 97.7 cm³/mol. The van der Waals surface area contributed by atoms with Gasteiger partial charge in [-0.1, -0.05) is 18.2 Å². The lowest BCUT2D eigenvalue weighted by atomic mass is 10.3. The Morgan fingerprint density at radius 1 is 1.17 bits per heavy atom. The number of amides is 1. The maximum Gasteiger partial charge on any atom is 0.274 e. The highest BCUT2D eigenvalue weighted by atomic mass is 79.9. The molecule has 1 aromatic carbocycles. The van der Waals surface area contributed by atoms with E-state index in [1.54, 1.807) is 35.4 Å². The third kappa shape index (κ3) is 3.63. The van der Waals surface area contributed by atoms with E-state index in [1.165, 1.54) is 16.8 Å². The minimum atomic E-state index is -0.275. The molecule has 0 saturated carbocycles. The van der Waals surface area contributed by atoms with Crippen LogP contribution in [0.1, 0.15) is 15.4 Å². The largest absolute Gasteiger partial charge is 0.335 e. The first-order valence-electron chi connectivity index (χ1n) is 7.20. The fourth-order valence-electron chi connectivity index (χ4n) is 2.22. The zero-order chi connectivity index (χ0) is 17.1. The summed E-state index contributed by atoms with van der Waals surface area (Å²) in [5, 5.41) is 4.22. The van der Waals surface area contributed by atoms with Crippen LogP contribution in [-0.2, 0) is 6.54 Å². The maximum absolute atomic E-state index is 12.6. The van der Waals surface area contributed by atoms with Crippen LogP contribution in [0.3, 0.4) is 0 Å². The Kier molecular flexibility index (Phi) is 4.92. The molecule has 0 aliphatic heterocycles. The fraction of sp³-hybridized carbons (Fsp3) is 0.118. The van der Waals surface area contributed by atoms with Crippen LogP contribution in [0.15, 0.2) is 63.2 Å². The average molecular weight is 404 g/mol. The SMILES string of the molecule is CN(Cc1ccc(Br)s1)C(=O)c1ccc(=O)n(-c2ccccc2)n1. The van der Waals surface area contributed by atoms with Gasteiger partial charge in [-0.2, -0.15) is 9.78 Å². The van der Waals surface area contributed by atoms with Crippen molar-refractivity contribution in [2.24, 2.45) is 0 Å². The first-order valence-corrected chi connectivity index (χ1v) is 8.81. The van der Waals surface area contributed by atoms with Gasteiger partial charge in [0.05, 0.1) is 16.0 Å². The molecule has 2 aromatic heterocycles. The summed E-state index contributed by atoms with van der Waals surface area (Å²) >= 11 is 4.99. The Hall–Kier alpha value is -2.25. The number of thiophene rings is 1. The molecule has 0 radical (unpaired) electrons. The molecule has 7 heteroatoms. The topological polar surface area (TPSA) is 55.2 Å². The monoisotopic (exact) mass is 403 g/mol. The van der Waals surface area contributed by atoms with Crippen LogP contribution in [0.4, 0.5) is 0 Å². The van der Waals surface area contributed by atoms with Crippen molar-refractivity contribution in [1.82, 2.24) is 14.7 Å². The van der Waals surface area contributed by atoms with Crippen LogP contribution in [-0.4, -0.2) is 27.6 Å². The second-order valence-corrected chi connectivity index (χ2v) is 7.72. The van der Waals surface area contributed by atoms with Crippen LogP contribution < -0.4 is 5.56 Å². The molecule has 1 amide bonds. The molecule has 24 heavy (non-hydrogen) atoms. The summed E-state index contributed by atoms with van der Waals surface area (Å²) in [6.45, 7) is 0.487. The second-order valence-electron chi connectivity index (χ2n) is 5.17. The van der Waals surface area contributed by atoms with E-state index in [-0.39, 0.29) is 17.2 Å². The van der Waals surface area contributed by atoms with Crippen molar-refractivity contribution in [3.05, 3.63) is 79.3 Å². The molecule has 0 unspecified atom stereocenters. The summed E-state index contributed by atoms with van der Waals surface area (Å²) in [5.74, 6) is -0.232. The van der Waals surface area contributed by atoms with Gasteiger partial charge < -0.3 is 4.90 Å². The van der Waals surface area contributed by atoms with Gasteiger partial charge in [-0.15, -0.1) is 11.3 Å². The third-order valence-electron chi connectivity index (χ3n) is 3.39. The van der Waals surface area contributed by atoms with Gasteiger partial charge in [0, 0.05) is 18.0 Å². The summed E-state index contributed by atoms with van der Waals surface area (Å²) in [6, 6.07) is 15.8. The summed E-state index contributed by atoms with van der Waals surface area (Å²) in [5.41, 5.74) is 0.584. The van der Waals surface area contributed by atoms with Gasteiger partial charge in [0.1, 0.15) is 5.69 Å². The third-order valence-corrected chi connectivity index (χ3v) is 5.00. The van der Waals surface area contributed by atoms with Crippen LogP contribution in [0.2, 0.25) is 0 Å². The Morgan fingerprint density at radius 3 is 2.58 bits per heavy atom. The van der Waals surface area contributed by atoms with Gasteiger partial charge in [0.15, 0.2) is 0 Å². The molecule has 5 nitrogen and oxygen atoms in total. The Morgan fingerprint density at radius 2 is 1.92 bits per heavy atom. The molecule has 0 aliphatic carbocycles. The van der Waals surface area contributed by atoms with Crippen LogP contribution in [0.25, 0.3) is 5.69 Å². The van der Waals surface area contributed by atoms with E-state index in [0.717, 1.165) is 8.66 Å². The van der Waals surface area contributed by atoms with Gasteiger partial charge in [-0.05, 0) is 46.3 Å². The van der Waals surface area contributed by atoms with E-state index in [4.69, 9.17) is 0 Å². The molecule has 0 spiro atoms. The van der Waals surface area contributed by atoms with E-state index in [1.807, 2.05) is 30.3 Å². The van der Waals surface area contributed by atoms with E-state index in [9.17, 15) is 9.59 Å². The fourth-order valence-corrected chi connectivity index (χ4v) is 3.75. The van der Waals surface area contributed by atoms with Crippen molar-refractivity contribution in [3.8, 4) is 5.69 Å². The van der Waals surface area contributed by atoms with E-state index in [0.29, 0.717) is 12.2 Å².